The number of rotatable bonds is 0. The molecular weight excluding hydrogens is 233 g/mol. The first-order valence-electron chi connectivity index (χ1n) is 1.71. The molecular formula is C4N4O4Zn-4. The smallest absolute Gasteiger partial charge is 0 e. The van der Waals surface area contributed by atoms with Crippen LogP contribution in [0, 0.1) is 0 Å². The Morgan fingerprint density at radius 2 is 0.538 bits per heavy atom. The molecule has 66 valence electrons. The zero-order valence-electron chi connectivity index (χ0n) is 6.13. The van der Waals surface area contributed by atoms with E-state index < -0.39 is 0 Å². The van der Waals surface area contributed by atoms with Crippen LogP contribution in [0.25, 0.3) is 21.6 Å². The third-order valence-corrected chi connectivity index (χ3v) is 0. The molecule has 0 amide bonds. The minimum absolute atomic E-state index is 0. The summed E-state index contributed by atoms with van der Waals surface area (Å²) in [5, 5.41) is 27.1. The van der Waals surface area contributed by atoms with Crippen LogP contribution in [0.3, 0.4) is 0 Å². The molecule has 0 radical (unpaired) electrons. The third-order valence-electron chi connectivity index (χ3n) is 0. The quantitative estimate of drug-likeness (QED) is 0.315. The first-order valence-corrected chi connectivity index (χ1v) is 1.71. The predicted molar refractivity (Wildman–Crippen MR) is 36.2 cm³/mol. The predicted octanol–water partition coefficient (Wildman–Crippen LogP) is -0.436. The summed E-state index contributed by atoms with van der Waals surface area (Å²) in [6.07, 6.45) is 2.00. The van der Waals surface area contributed by atoms with Gasteiger partial charge < -0.3 is 21.6 Å². The first kappa shape index (κ1) is 30.4. The van der Waals surface area contributed by atoms with Gasteiger partial charge in [0, 0.05) is 19.5 Å². The van der Waals surface area contributed by atoms with Crippen LogP contribution >= 0.6 is 0 Å². The molecule has 0 aromatic rings. The van der Waals surface area contributed by atoms with E-state index in [0.29, 0.717) is 24.3 Å². The maximum Gasteiger partial charge on any atom is 0 e. The molecule has 0 fully saturated rings. The molecule has 0 aromatic heterocycles. The van der Waals surface area contributed by atoms with Crippen LogP contribution in [0.5, 0.6) is 0 Å². The second kappa shape index (κ2) is 185. The Labute approximate surface area is 85.1 Å². The van der Waals surface area contributed by atoms with Gasteiger partial charge in [-0.15, -0.1) is 0 Å². The van der Waals surface area contributed by atoms with Gasteiger partial charge in [0.1, 0.15) is 0 Å². The van der Waals surface area contributed by atoms with Crippen LogP contribution in [-0.4, -0.2) is 24.3 Å². The van der Waals surface area contributed by atoms with Crippen molar-refractivity contribution in [2.45, 2.75) is 0 Å². The van der Waals surface area contributed by atoms with Crippen molar-refractivity contribution >= 4 is 24.3 Å². The van der Waals surface area contributed by atoms with Gasteiger partial charge >= 0.3 is 0 Å². The molecule has 0 aromatic carbocycles. The Bertz CT molecular complexity index is 156. The van der Waals surface area contributed by atoms with Crippen molar-refractivity contribution in [3.05, 3.63) is 21.6 Å². The summed E-state index contributed by atoms with van der Waals surface area (Å²) in [7, 11) is 0. The first-order chi connectivity index (χ1) is 5.66. The largest absolute Gasteiger partial charge is 0.724 e. The summed E-state index contributed by atoms with van der Waals surface area (Å²) in [6.45, 7) is 0. The second-order valence-electron chi connectivity index (χ2n) is 0.365. The van der Waals surface area contributed by atoms with Crippen molar-refractivity contribution in [3.63, 3.8) is 0 Å². The van der Waals surface area contributed by atoms with Gasteiger partial charge in [-0.2, -0.15) is 0 Å². The summed E-state index contributed by atoms with van der Waals surface area (Å²) in [5.74, 6) is 0. The molecule has 0 atom stereocenters. The van der Waals surface area contributed by atoms with Gasteiger partial charge in [-0.05, 0) is 24.3 Å². The maximum absolute atomic E-state index is 8.24. The molecule has 0 saturated carbocycles. The number of isocyanates is 4. The Balaban J connectivity index is -0.0000000213. The van der Waals surface area contributed by atoms with E-state index >= 15 is 0 Å². The van der Waals surface area contributed by atoms with Crippen molar-refractivity contribution in [1.82, 2.24) is 0 Å². The van der Waals surface area contributed by atoms with Gasteiger partial charge in [0.25, 0.3) is 0 Å². The van der Waals surface area contributed by atoms with E-state index in [4.69, 9.17) is 40.8 Å². The Morgan fingerprint density at radius 1 is 0.538 bits per heavy atom. The zero-order chi connectivity index (χ0) is 10.8. The molecule has 0 aliphatic heterocycles. The van der Waals surface area contributed by atoms with E-state index in [2.05, 4.69) is 0 Å². The van der Waals surface area contributed by atoms with Gasteiger partial charge in [0.05, 0.1) is 0 Å². The van der Waals surface area contributed by atoms with Crippen molar-refractivity contribution in [2.24, 2.45) is 0 Å². The molecule has 0 N–H and O–H groups in total. The van der Waals surface area contributed by atoms with Gasteiger partial charge in [-0.25, -0.2) is 0 Å². The Kier molecular flexibility index (Phi) is 431. The summed E-state index contributed by atoms with van der Waals surface area (Å²) in [4.78, 5) is 32.9. The summed E-state index contributed by atoms with van der Waals surface area (Å²) in [5.41, 5.74) is 0. The fourth-order valence-corrected chi connectivity index (χ4v) is 0. The minimum Gasteiger partial charge on any atom is -0.724 e. The maximum atomic E-state index is 8.24. The van der Waals surface area contributed by atoms with Crippen molar-refractivity contribution < 1.29 is 38.7 Å². The van der Waals surface area contributed by atoms with Crippen molar-refractivity contribution in [2.75, 3.05) is 0 Å². The molecule has 13 heavy (non-hydrogen) atoms. The van der Waals surface area contributed by atoms with Crippen LogP contribution in [0.4, 0.5) is 0 Å². The zero-order valence-corrected chi connectivity index (χ0v) is 9.10. The summed E-state index contributed by atoms with van der Waals surface area (Å²) < 4.78 is 0. The molecule has 0 unspecified atom stereocenters. The van der Waals surface area contributed by atoms with Crippen LogP contribution in [-0.2, 0) is 38.7 Å². The topological polar surface area (TPSA) is 157 Å². The van der Waals surface area contributed by atoms with Gasteiger partial charge in [-0.3, -0.25) is 19.2 Å². The summed E-state index contributed by atoms with van der Waals surface area (Å²) in [6, 6.07) is 0. The molecule has 0 aliphatic rings. The fraction of sp³-hybridized carbons (Fsp3) is 0. The van der Waals surface area contributed by atoms with E-state index in [0.717, 1.165) is 0 Å². The average Bonchev–Trinajstić information content (AvgIpc) is 1.92. The van der Waals surface area contributed by atoms with E-state index in [-0.39, 0.29) is 19.5 Å². The van der Waals surface area contributed by atoms with Crippen LogP contribution in [0.15, 0.2) is 0 Å². The SMILES string of the molecule is [N-]=C=O.[N-]=C=O.[N-]=C=O.[N-]=C=O.[Zn]. The van der Waals surface area contributed by atoms with E-state index in [1.807, 2.05) is 0 Å². The average molecular weight is 233 g/mol. The van der Waals surface area contributed by atoms with Crippen molar-refractivity contribution in [1.29, 1.82) is 0 Å². The van der Waals surface area contributed by atoms with Crippen LogP contribution < -0.4 is 0 Å². The molecule has 9 heteroatoms. The number of hydrogen-bond donors (Lipinski definition) is 0. The molecule has 0 heterocycles. The fourth-order valence-electron chi connectivity index (χ4n) is 0. The third kappa shape index (κ3) is 195. The van der Waals surface area contributed by atoms with Crippen molar-refractivity contribution in [3.8, 4) is 0 Å². The number of hydrogen-bond acceptors (Lipinski definition) is 4. The second-order valence-corrected chi connectivity index (χ2v) is 0.365. The molecule has 0 saturated heterocycles. The van der Waals surface area contributed by atoms with Gasteiger partial charge in [0.15, 0.2) is 0 Å². The van der Waals surface area contributed by atoms with Gasteiger partial charge in [-0.1, -0.05) is 0 Å². The minimum atomic E-state index is 0. The number of nitrogens with zero attached hydrogens (tertiary/aromatic N) is 4. The van der Waals surface area contributed by atoms with Gasteiger partial charge in [0.2, 0.25) is 0 Å². The normalized spacial score (nSPS) is 2.46. The standard InChI is InChI=1S/4CNO.Zn/c4*2-1-3;/q4*-1;. The van der Waals surface area contributed by atoms with Crippen LogP contribution in [0.2, 0.25) is 0 Å². The van der Waals surface area contributed by atoms with E-state index in [1.165, 1.54) is 0 Å². The molecule has 0 bridgehead atoms. The molecule has 0 spiro atoms. The summed E-state index contributed by atoms with van der Waals surface area (Å²) >= 11 is 0. The van der Waals surface area contributed by atoms with Crippen LogP contribution in [0.1, 0.15) is 0 Å². The Morgan fingerprint density at radius 3 is 0.538 bits per heavy atom. The van der Waals surface area contributed by atoms with E-state index in [9.17, 15) is 0 Å². The number of carbonyl (C=O) groups excluding carboxylic acids is 4. The Hall–Kier alpha value is -1.86. The molecule has 0 aliphatic carbocycles. The van der Waals surface area contributed by atoms with E-state index in [1.54, 1.807) is 0 Å². The molecule has 8 nitrogen and oxygen atoms in total. The molecule has 0 rings (SSSR count). The monoisotopic (exact) mass is 232 g/mol.